The smallest absolute Gasteiger partial charge is 0.227 e. The number of benzene rings is 1. The van der Waals surface area contributed by atoms with Crippen LogP contribution in [0.25, 0.3) is 0 Å². The molecule has 1 aromatic carbocycles. The number of carbonyl (C=O) groups excluding carboxylic acids is 1. The van der Waals surface area contributed by atoms with Gasteiger partial charge in [-0.15, -0.1) is 0 Å². The first-order valence-electron chi connectivity index (χ1n) is 4.85. The van der Waals surface area contributed by atoms with Crippen LogP contribution in [0.15, 0.2) is 18.2 Å². The Kier molecular flexibility index (Phi) is 2.58. The summed E-state index contributed by atoms with van der Waals surface area (Å²) in [6, 6.07) is 4.06. The number of rotatable bonds is 3. The minimum Gasteiger partial charge on any atom is -0.494 e. The topological polar surface area (TPSA) is 38.3 Å². The molecule has 1 N–H and O–H groups in total. The summed E-state index contributed by atoms with van der Waals surface area (Å²) in [5.74, 6) is 0.0833. The van der Waals surface area contributed by atoms with Gasteiger partial charge in [-0.05, 0) is 25.0 Å². The highest BCUT2D eigenvalue weighted by molar-refractivity contribution is 5.95. The van der Waals surface area contributed by atoms with Gasteiger partial charge in [0.2, 0.25) is 5.91 Å². The third kappa shape index (κ3) is 2.26. The molecule has 0 bridgehead atoms. The summed E-state index contributed by atoms with van der Waals surface area (Å²) in [6.07, 6.45) is 1.88. The second-order valence-corrected chi connectivity index (χ2v) is 3.61. The van der Waals surface area contributed by atoms with E-state index in [1.165, 1.54) is 25.3 Å². The highest BCUT2D eigenvalue weighted by Crippen LogP contribution is 2.32. The molecule has 0 spiro atoms. The van der Waals surface area contributed by atoms with Crippen molar-refractivity contribution in [2.45, 2.75) is 12.8 Å². The maximum atomic E-state index is 12.8. The number of amides is 1. The average molecular weight is 209 g/mol. The molecule has 1 saturated carbocycles. The van der Waals surface area contributed by atoms with Gasteiger partial charge in [-0.2, -0.15) is 0 Å². The first-order valence-corrected chi connectivity index (χ1v) is 4.85. The number of methoxy groups -OCH3 is 1. The molecular weight excluding hydrogens is 197 g/mol. The Bertz CT molecular complexity index is 388. The summed E-state index contributed by atoms with van der Waals surface area (Å²) in [7, 11) is 1.45. The summed E-state index contributed by atoms with van der Waals surface area (Å²) in [4.78, 5) is 11.5. The maximum absolute atomic E-state index is 12.8. The maximum Gasteiger partial charge on any atom is 0.227 e. The van der Waals surface area contributed by atoms with E-state index >= 15 is 0 Å². The molecule has 1 fully saturated rings. The Morgan fingerprint density at radius 2 is 2.27 bits per heavy atom. The van der Waals surface area contributed by atoms with Crippen LogP contribution in [0.5, 0.6) is 5.75 Å². The first kappa shape index (κ1) is 9.96. The van der Waals surface area contributed by atoms with Gasteiger partial charge in [-0.1, -0.05) is 0 Å². The fraction of sp³-hybridized carbons (Fsp3) is 0.364. The van der Waals surface area contributed by atoms with Crippen molar-refractivity contribution < 1.29 is 13.9 Å². The second kappa shape index (κ2) is 3.88. The molecule has 0 saturated heterocycles. The largest absolute Gasteiger partial charge is 0.494 e. The van der Waals surface area contributed by atoms with Gasteiger partial charge in [0.15, 0.2) is 0 Å². The van der Waals surface area contributed by atoms with Gasteiger partial charge >= 0.3 is 0 Å². The van der Waals surface area contributed by atoms with Crippen molar-refractivity contribution in [1.82, 2.24) is 0 Å². The van der Waals surface area contributed by atoms with Gasteiger partial charge in [-0.3, -0.25) is 4.79 Å². The summed E-state index contributed by atoms with van der Waals surface area (Å²) in [5.41, 5.74) is 0.524. The average Bonchev–Trinajstić information content (AvgIpc) is 3.04. The highest BCUT2D eigenvalue weighted by Gasteiger charge is 2.30. The monoisotopic (exact) mass is 209 g/mol. The second-order valence-electron chi connectivity index (χ2n) is 3.61. The molecular formula is C11H12FNO2. The minimum atomic E-state index is -0.378. The van der Waals surface area contributed by atoms with Crippen molar-refractivity contribution in [3.05, 3.63) is 24.0 Å². The van der Waals surface area contributed by atoms with Crippen molar-refractivity contribution in [2.75, 3.05) is 12.4 Å². The first-order chi connectivity index (χ1) is 7.20. The number of nitrogens with one attached hydrogen (secondary N) is 1. The van der Waals surface area contributed by atoms with E-state index < -0.39 is 0 Å². The van der Waals surface area contributed by atoms with Gasteiger partial charge in [0.25, 0.3) is 0 Å². The molecule has 0 atom stereocenters. The zero-order chi connectivity index (χ0) is 10.8. The molecule has 0 heterocycles. The fourth-order valence-electron chi connectivity index (χ4n) is 1.35. The Hall–Kier alpha value is -1.58. The molecule has 1 aromatic rings. The fourth-order valence-corrected chi connectivity index (χ4v) is 1.35. The van der Waals surface area contributed by atoms with Crippen LogP contribution in [0.3, 0.4) is 0 Å². The number of carbonyl (C=O) groups is 1. The molecule has 4 heteroatoms. The van der Waals surface area contributed by atoms with E-state index in [9.17, 15) is 9.18 Å². The molecule has 1 amide bonds. The normalized spacial score (nSPS) is 14.8. The summed E-state index contributed by atoms with van der Waals surface area (Å²) in [5, 5.41) is 2.72. The molecule has 15 heavy (non-hydrogen) atoms. The molecule has 0 radical (unpaired) electrons. The van der Waals surface area contributed by atoms with Crippen molar-refractivity contribution in [3.63, 3.8) is 0 Å². The lowest BCUT2D eigenvalue weighted by Gasteiger charge is -2.09. The van der Waals surface area contributed by atoms with E-state index in [2.05, 4.69) is 5.32 Å². The quantitative estimate of drug-likeness (QED) is 0.828. The van der Waals surface area contributed by atoms with Crippen molar-refractivity contribution in [2.24, 2.45) is 5.92 Å². The molecule has 0 unspecified atom stereocenters. The molecule has 3 nitrogen and oxygen atoms in total. The summed E-state index contributed by atoms with van der Waals surface area (Å²) in [6.45, 7) is 0. The molecule has 0 aliphatic heterocycles. The van der Waals surface area contributed by atoms with Crippen LogP contribution in [0, 0.1) is 11.7 Å². The number of ether oxygens (including phenoxy) is 1. The zero-order valence-corrected chi connectivity index (χ0v) is 8.42. The number of anilines is 1. The molecule has 1 aliphatic carbocycles. The summed E-state index contributed by atoms with van der Waals surface area (Å²) >= 11 is 0. The van der Waals surface area contributed by atoms with Crippen molar-refractivity contribution in [1.29, 1.82) is 0 Å². The van der Waals surface area contributed by atoms with Crippen LogP contribution in [0.1, 0.15) is 12.8 Å². The van der Waals surface area contributed by atoms with Crippen LogP contribution in [0.4, 0.5) is 10.1 Å². The zero-order valence-electron chi connectivity index (χ0n) is 8.42. The lowest BCUT2D eigenvalue weighted by molar-refractivity contribution is -0.117. The van der Waals surface area contributed by atoms with E-state index in [-0.39, 0.29) is 17.6 Å². The Labute approximate surface area is 87.2 Å². The third-order valence-corrected chi connectivity index (χ3v) is 2.37. The van der Waals surface area contributed by atoms with Gasteiger partial charge in [0, 0.05) is 12.0 Å². The minimum absolute atomic E-state index is 0.0140. The molecule has 2 rings (SSSR count). The van der Waals surface area contributed by atoms with E-state index in [1.54, 1.807) is 0 Å². The van der Waals surface area contributed by atoms with Crippen molar-refractivity contribution in [3.8, 4) is 5.75 Å². The van der Waals surface area contributed by atoms with Gasteiger partial charge in [0.05, 0.1) is 12.8 Å². The highest BCUT2D eigenvalue weighted by atomic mass is 19.1. The lowest BCUT2D eigenvalue weighted by Crippen LogP contribution is -2.14. The predicted octanol–water partition coefficient (Wildman–Crippen LogP) is 2.18. The number of hydrogen-bond donors (Lipinski definition) is 1. The van der Waals surface area contributed by atoms with Crippen LogP contribution < -0.4 is 10.1 Å². The van der Waals surface area contributed by atoms with Crippen LogP contribution >= 0.6 is 0 Å². The standard InChI is InChI=1S/C11H12FNO2/c1-15-10-6-8(12)4-5-9(10)13-11(14)7-2-3-7/h4-7H,2-3H2,1H3,(H,13,14). The predicted molar refractivity (Wildman–Crippen MR) is 54.3 cm³/mol. The van der Waals surface area contributed by atoms with Gasteiger partial charge < -0.3 is 10.1 Å². The van der Waals surface area contributed by atoms with E-state index in [0.717, 1.165) is 12.8 Å². The van der Waals surface area contributed by atoms with E-state index in [1.807, 2.05) is 0 Å². The molecule has 1 aliphatic rings. The third-order valence-electron chi connectivity index (χ3n) is 2.37. The Morgan fingerprint density at radius 3 is 2.87 bits per heavy atom. The van der Waals surface area contributed by atoms with Gasteiger partial charge in [-0.25, -0.2) is 4.39 Å². The number of hydrogen-bond acceptors (Lipinski definition) is 2. The Morgan fingerprint density at radius 1 is 1.53 bits per heavy atom. The van der Waals surface area contributed by atoms with E-state index in [4.69, 9.17) is 4.74 Å². The Balaban J connectivity index is 2.15. The van der Waals surface area contributed by atoms with Crippen LogP contribution in [-0.2, 0) is 4.79 Å². The lowest BCUT2D eigenvalue weighted by atomic mass is 10.2. The molecule has 80 valence electrons. The number of halogens is 1. The SMILES string of the molecule is COc1cc(F)ccc1NC(=O)C1CC1. The van der Waals surface area contributed by atoms with Crippen molar-refractivity contribution >= 4 is 11.6 Å². The van der Waals surface area contributed by atoms with Crippen LogP contribution in [0.2, 0.25) is 0 Å². The van der Waals surface area contributed by atoms with Gasteiger partial charge in [0.1, 0.15) is 11.6 Å². The van der Waals surface area contributed by atoms with Crippen LogP contribution in [-0.4, -0.2) is 13.0 Å². The summed E-state index contributed by atoms with van der Waals surface area (Å²) < 4.78 is 17.8. The molecule has 0 aromatic heterocycles. The van der Waals surface area contributed by atoms with E-state index in [0.29, 0.717) is 11.4 Å².